The number of benzene rings is 1. The summed E-state index contributed by atoms with van der Waals surface area (Å²) in [5.74, 6) is 0.703. The molecule has 3 N–H and O–H groups in total. The van der Waals surface area contributed by atoms with Crippen LogP contribution in [0, 0.1) is 0 Å². The zero-order valence-corrected chi connectivity index (χ0v) is 11.0. The van der Waals surface area contributed by atoms with Crippen LogP contribution in [0.1, 0.15) is 5.56 Å². The molecule has 0 amide bonds. The van der Waals surface area contributed by atoms with Crippen molar-refractivity contribution < 1.29 is 9.94 Å². The third-order valence-electron chi connectivity index (χ3n) is 2.32. The van der Waals surface area contributed by atoms with Crippen LogP contribution in [0.5, 0.6) is 5.75 Å². The van der Waals surface area contributed by atoms with Gasteiger partial charge in [-0.05, 0) is 36.0 Å². The molecule has 1 aromatic carbocycles. The van der Waals surface area contributed by atoms with Gasteiger partial charge in [0.15, 0.2) is 11.0 Å². The first-order chi connectivity index (χ1) is 9.24. The summed E-state index contributed by atoms with van der Waals surface area (Å²) in [7, 11) is 1.58. The summed E-state index contributed by atoms with van der Waals surface area (Å²) < 4.78 is 5.16. The van der Waals surface area contributed by atoms with Crippen LogP contribution in [0.3, 0.4) is 0 Å². The third-order valence-corrected chi connectivity index (χ3v) is 3.27. The van der Waals surface area contributed by atoms with Crippen LogP contribution in [0.25, 0.3) is 0 Å². The normalized spacial score (nSPS) is 11.3. The fraction of sp³-hybridized carbons (Fsp3) is 0.0833. The van der Waals surface area contributed by atoms with Crippen LogP contribution in [0.15, 0.2) is 51.9 Å². The summed E-state index contributed by atoms with van der Waals surface area (Å²) in [5.41, 5.74) is 6.24. The van der Waals surface area contributed by atoms with Gasteiger partial charge < -0.3 is 15.7 Å². The second kappa shape index (κ2) is 6.05. The second-order valence-corrected chi connectivity index (χ2v) is 4.49. The lowest BCUT2D eigenvalue weighted by Crippen LogP contribution is -2.14. The predicted molar refractivity (Wildman–Crippen MR) is 71.7 cm³/mol. The molecule has 0 atom stereocenters. The highest BCUT2D eigenvalue weighted by atomic mass is 32.2. The lowest BCUT2D eigenvalue weighted by atomic mass is 10.2. The molecule has 0 saturated heterocycles. The molecule has 98 valence electrons. The Bertz CT molecular complexity index is 590. The highest BCUT2D eigenvalue weighted by molar-refractivity contribution is 7.99. The molecule has 0 aliphatic rings. The summed E-state index contributed by atoms with van der Waals surface area (Å²) >= 11 is 1.31. The maximum absolute atomic E-state index is 8.80. The maximum Gasteiger partial charge on any atom is 0.192 e. The number of hydrogen-bond donors (Lipinski definition) is 2. The highest BCUT2D eigenvalue weighted by Gasteiger charge is 2.11. The van der Waals surface area contributed by atoms with Crippen LogP contribution < -0.4 is 10.5 Å². The fourth-order valence-electron chi connectivity index (χ4n) is 1.42. The van der Waals surface area contributed by atoms with Gasteiger partial charge in [0.25, 0.3) is 0 Å². The number of amidine groups is 1. The minimum absolute atomic E-state index is 0.0288. The molecule has 2 rings (SSSR count). The maximum atomic E-state index is 8.80. The van der Waals surface area contributed by atoms with Crippen molar-refractivity contribution in [2.24, 2.45) is 10.9 Å². The topological polar surface area (TPSA) is 93.6 Å². The third kappa shape index (κ3) is 3.14. The van der Waals surface area contributed by atoms with E-state index >= 15 is 0 Å². The molecule has 7 heteroatoms. The quantitative estimate of drug-likeness (QED) is 0.290. The van der Waals surface area contributed by atoms with E-state index in [1.165, 1.54) is 11.8 Å². The Morgan fingerprint density at radius 1 is 1.37 bits per heavy atom. The first-order valence-electron chi connectivity index (χ1n) is 5.35. The lowest BCUT2D eigenvalue weighted by molar-refractivity contribution is 0.318. The molecule has 1 heterocycles. The van der Waals surface area contributed by atoms with Crippen molar-refractivity contribution in [2.75, 3.05) is 7.11 Å². The standard InChI is InChI=1S/C12H12N4O2S/c1-18-8-3-4-9(11(13)16-17)10(7-8)19-12-14-5-2-6-15-12/h2-7,17H,1H3,(H2,13,16). The van der Waals surface area contributed by atoms with Crippen molar-refractivity contribution in [3.05, 3.63) is 42.2 Å². The molecule has 1 aromatic heterocycles. The largest absolute Gasteiger partial charge is 0.497 e. The van der Waals surface area contributed by atoms with Gasteiger partial charge in [-0.3, -0.25) is 0 Å². The van der Waals surface area contributed by atoms with Crippen LogP contribution in [0.4, 0.5) is 0 Å². The van der Waals surface area contributed by atoms with E-state index in [4.69, 9.17) is 15.7 Å². The van der Waals surface area contributed by atoms with Gasteiger partial charge in [-0.2, -0.15) is 0 Å². The Labute approximate surface area is 114 Å². The summed E-state index contributed by atoms with van der Waals surface area (Å²) in [5, 5.41) is 12.4. The predicted octanol–water partition coefficient (Wildman–Crippen LogP) is 1.73. The van der Waals surface area contributed by atoms with Crippen molar-refractivity contribution in [3.63, 3.8) is 0 Å². The zero-order valence-electron chi connectivity index (χ0n) is 10.1. The van der Waals surface area contributed by atoms with E-state index in [0.29, 0.717) is 16.5 Å². The Balaban J connectivity index is 2.41. The Hall–Kier alpha value is -2.28. The lowest BCUT2D eigenvalue weighted by Gasteiger charge is -2.09. The molecule has 0 spiro atoms. The summed E-state index contributed by atoms with van der Waals surface area (Å²) in [6.45, 7) is 0. The second-order valence-electron chi connectivity index (χ2n) is 3.48. The van der Waals surface area contributed by atoms with Crippen LogP contribution in [0.2, 0.25) is 0 Å². The number of aromatic nitrogens is 2. The minimum atomic E-state index is 0.0288. The van der Waals surface area contributed by atoms with Gasteiger partial charge in [0.05, 0.1) is 7.11 Å². The molecule has 19 heavy (non-hydrogen) atoms. The van der Waals surface area contributed by atoms with Gasteiger partial charge >= 0.3 is 0 Å². The first-order valence-corrected chi connectivity index (χ1v) is 6.17. The van der Waals surface area contributed by atoms with Gasteiger partial charge in [0, 0.05) is 22.9 Å². The van der Waals surface area contributed by atoms with Crippen molar-refractivity contribution in [2.45, 2.75) is 10.1 Å². The van der Waals surface area contributed by atoms with E-state index in [9.17, 15) is 0 Å². The molecule has 0 bridgehead atoms. The van der Waals surface area contributed by atoms with Gasteiger partial charge in [0.1, 0.15) is 5.75 Å². The highest BCUT2D eigenvalue weighted by Crippen LogP contribution is 2.30. The van der Waals surface area contributed by atoms with Crippen molar-refractivity contribution in [3.8, 4) is 5.75 Å². The first kappa shape index (κ1) is 13.2. The number of rotatable bonds is 4. The molecule has 0 saturated carbocycles. The fourth-order valence-corrected chi connectivity index (χ4v) is 2.30. The number of nitrogens with two attached hydrogens (primary N) is 1. The molecule has 0 aliphatic heterocycles. The van der Waals surface area contributed by atoms with E-state index < -0.39 is 0 Å². The van der Waals surface area contributed by atoms with Crippen LogP contribution >= 0.6 is 11.8 Å². The molecular weight excluding hydrogens is 264 g/mol. The van der Waals surface area contributed by atoms with Gasteiger partial charge in [0.2, 0.25) is 0 Å². The molecular formula is C12H12N4O2S. The number of nitrogens with zero attached hydrogens (tertiary/aromatic N) is 3. The zero-order chi connectivity index (χ0) is 13.7. The van der Waals surface area contributed by atoms with Crippen LogP contribution in [-0.2, 0) is 0 Å². The average molecular weight is 276 g/mol. The van der Waals surface area contributed by atoms with Gasteiger partial charge in [-0.25, -0.2) is 9.97 Å². The Morgan fingerprint density at radius 2 is 2.11 bits per heavy atom. The van der Waals surface area contributed by atoms with E-state index in [1.54, 1.807) is 43.8 Å². The molecule has 0 aliphatic carbocycles. The number of ether oxygens (including phenoxy) is 1. The monoisotopic (exact) mass is 276 g/mol. The van der Waals surface area contributed by atoms with E-state index in [-0.39, 0.29) is 5.84 Å². The summed E-state index contributed by atoms with van der Waals surface area (Å²) in [4.78, 5) is 9.00. The Morgan fingerprint density at radius 3 is 2.74 bits per heavy atom. The Kier molecular flexibility index (Phi) is 4.19. The minimum Gasteiger partial charge on any atom is -0.497 e. The number of hydrogen-bond acceptors (Lipinski definition) is 6. The number of oxime groups is 1. The van der Waals surface area contributed by atoms with Gasteiger partial charge in [-0.15, -0.1) is 0 Å². The van der Waals surface area contributed by atoms with Gasteiger partial charge in [-0.1, -0.05) is 5.16 Å². The number of methoxy groups -OCH3 is 1. The summed E-state index contributed by atoms with van der Waals surface area (Å²) in [6, 6.07) is 6.98. The summed E-state index contributed by atoms with van der Waals surface area (Å²) in [6.07, 6.45) is 3.30. The van der Waals surface area contributed by atoms with Crippen molar-refractivity contribution in [1.29, 1.82) is 0 Å². The van der Waals surface area contributed by atoms with Crippen molar-refractivity contribution in [1.82, 2.24) is 9.97 Å². The molecule has 0 fully saturated rings. The molecule has 6 nitrogen and oxygen atoms in total. The van der Waals surface area contributed by atoms with E-state index in [1.807, 2.05) is 0 Å². The molecule has 0 radical (unpaired) electrons. The smallest absolute Gasteiger partial charge is 0.192 e. The van der Waals surface area contributed by atoms with E-state index in [0.717, 1.165) is 4.90 Å². The SMILES string of the molecule is COc1ccc(/C(N)=N/O)c(Sc2ncccn2)c1. The van der Waals surface area contributed by atoms with Crippen molar-refractivity contribution >= 4 is 17.6 Å². The molecule has 0 unspecified atom stereocenters. The van der Waals surface area contributed by atoms with E-state index in [2.05, 4.69) is 15.1 Å². The molecule has 2 aromatic rings. The van der Waals surface area contributed by atoms with Crippen LogP contribution in [-0.4, -0.2) is 28.1 Å². The average Bonchev–Trinajstić information content (AvgIpc) is 2.47.